The molecule has 0 saturated heterocycles. The maximum Gasteiger partial charge on any atom is 0.119 e. The van der Waals surface area contributed by atoms with Crippen LogP contribution >= 0.6 is 0 Å². The fraction of sp³-hybridized carbons (Fsp3) is 0.647. The highest BCUT2D eigenvalue weighted by Crippen LogP contribution is 2.25. The highest BCUT2D eigenvalue weighted by Gasteiger charge is 2.23. The van der Waals surface area contributed by atoms with E-state index in [0.717, 1.165) is 31.7 Å². The topological polar surface area (TPSA) is 30.5 Å². The number of hydrogen-bond acceptors (Lipinski definition) is 3. The summed E-state index contributed by atoms with van der Waals surface area (Å²) >= 11 is 0. The van der Waals surface area contributed by atoms with E-state index in [4.69, 9.17) is 9.47 Å². The van der Waals surface area contributed by atoms with Gasteiger partial charge in [0.15, 0.2) is 0 Å². The number of methoxy groups -OCH3 is 1. The average Bonchev–Trinajstić information content (AvgIpc) is 2.44. The van der Waals surface area contributed by atoms with Crippen molar-refractivity contribution in [3.8, 4) is 5.75 Å². The van der Waals surface area contributed by atoms with Crippen LogP contribution in [0.3, 0.4) is 0 Å². The van der Waals surface area contributed by atoms with Crippen molar-refractivity contribution in [3.05, 3.63) is 29.3 Å². The predicted molar refractivity (Wildman–Crippen MR) is 82.5 cm³/mol. The summed E-state index contributed by atoms with van der Waals surface area (Å²) in [5.74, 6) is 0.957. The van der Waals surface area contributed by atoms with Crippen molar-refractivity contribution in [1.82, 2.24) is 5.32 Å². The summed E-state index contributed by atoms with van der Waals surface area (Å²) in [5.41, 5.74) is 2.79. The lowest BCUT2D eigenvalue weighted by Crippen LogP contribution is -2.44. The number of fused-ring (bicyclic) bond motifs is 1. The van der Waals surface area contributed by atoms with Crippen LogP contribution in [-0.2, 0) is 17.6 Å². The van der Waals surface area contributed by atoms with E-state index >= 15 is 0 Å². The van der Waals surface area contributed by atoms with Gasteiger partial charge in [-0.15, -0.1) is 0 Å². The van der Waals surface area contributed by atoms with Crippen LogP contribution in [0, 0.1) is 0 Å². The van der Waals surface area contributed by atoms with Gasteiger partial charge in [0.2, 0.25) is 0 Å². The number of benzene rings is 1. The Bertz CT molecular complexity index is 443. The van der Waals surface area contributed by atoms with E-state index in [2.05, 4.69) is 37.4 Å². The van der Waals surface area contributed by atoms with Crippen LogP contribution in [-0.4, -0.2) is 31.9 Å². The van der Waals surface area contributed by atoms with Crippen LogP contribution in [0.5, 0.6) is 5.75 Å². The van der Waals surface area contributed by atoms with Crippen molar-refractivity contribution in [2.45, 2.75) is 51.7 Å². The quantitative estimate of drug-likeness (QED) is 0.867. The van der Waals surface area contributed by atoms with Gasteiger partial charge >= 0.3 is 0 Å². The molecule has 1 aliphatic rings. The molecule has 1 atom stereocenters. The number of ether oxygens (including phenoxy) is 2. The first-order valence-electron chi connectivity index (χ1n) is 7.57. The smallest absolute Gasteiger partial charge is 0.119 e. The van der Waals surface area contributed by atoms with Crippen LogP contribution in [0.2, 0.25) is 0 Å². The molecule has 3 nitrogen and oxygen atoms in total. The van der Waals surface area contributed by atoms with Gasteiger partial charge in [0, 0.05) is 19.2 Å². The van der Waals surface area contributed by atoms with Crippen LogP contribution in [0.1, 0.15) is 38.3 Å². The van der Waals surface area contributed by atoms with E-state index in [0.29, 0.717) is 6.04 Å². The van der Waals surface area contributed by atoms with E-state index in [1.807, 2.05) is 6.92 Å². The molecule has 0 radical (unpaired) electrons. The maximum atomic E-state index is 5.74. The Labute approximate surface area is 122 Å². The normalized spacial score (nSPS) is 18.7. The van der Waals surface area contributed by atoms with Gasteiger partial charge in [-0.25, -0.2) is 0 Å². The lowest BCUT2D eigenvalue weighted by molar-refractivity contribution is -0.0108. The molecule has 1 aromatic carbocycles. The second-order valence-electron chi connectivity index (χ2n) is 6.15. The van der Waals surface area contributed by atoms with Crippen LogP contribution in [0.15, 0.2) is 18.2 Å². The van der Waals surface area contributed by atoms with Gasteiger partial charge < -0.3 is 14.8 Å². The molecule has 1 aromatic rings. The molecule has 3 heteroatoms. The molecule has 1 aliphatic carbocycles. The van der Waals surface area contributed by atoms with Gasteiger partial charge in [-0.1, -0.05) is 6.07 Å². The molecule has 0 amide bonds. The number of rotatable bonds is 6. The first-order chi connectivity index (χ1) is 9.54. The molecule has 1 N–H and O–H groups in total. The van der Waals surface area contributed by atoms with Crippen molar-refractivity contribution >= 4 is 0 Å². The van der Waals surface area contributed by atoms with Crippen LogP contribution in [0.25, 0.3) is 0 Å². The molecule has 0 bridgehead atoms. The average molecular weight is 277 g/mol. The van der Waals surface area contributed by atoms with Crippen LogP contribution < -0.4 is 10.1 Å². The standard InChI is InChI=1S/C17H27NO2/c1-5-20-17(2,3)12-18-15-8-6-13-7-9-16(19-4)11-14(13)10-15/h7,9,11,15,18H,5-6,8,10,12H2,1-4H3. The third kappa shape index (κ3) is 3.97. The third-order valence-electron chi connectivity index (χ3n) is 3.99. The minimum absolute atomic E-state index is 0.0938. The van der Waals surface area contributed by atoms with Crippen molar-refractivity contribution in [3.63, 3.8) is 0 Å². The number of nitrogens with one attached hydrogen (secondary N) is 1. The number of aryl methyl sites for hydroxylation is 1. The van der Waals surface area contributed by atoms with E-state index in [-0.39, 0.29) is 5.60 Å². The molecule has 0 fully saturated rings. The SMILES string of the molecule is CCOC(C)(C)CNC1CCc2ccc(OC)cc2C1. The number of hydrogen-bond donors (Lipinski definition) is 1. The highest BCUT2D eigenvalue weighted by molar-refractivity contribution is 5.37. The summed E-state index contributed by atoms with van der Waals surface area (Å²) in [6.45, 7) is 7.99. The Hall–Kier alpha value is -1.06. The molecule has 112 valence electrons. The van der Waals surface area contributed by atoms with Gasteiger partial charge in [0.1, 0.15) is 5.75 Å². The van der Waals surface area contributed by atoms with Crippen LogP contribution in [0.4, 0.5) is 0 Å². The van der Waals surface area contributed by atoms with Gasteiger partial charge in [-0.05, 0) is 63.3 Å². The summed E-state index contributed by atoms with van der Waals surface area (Å²) in [7, 11) is 1.73. The Morgan fingerprint density at radius 2 is 2.10 bits per heavy atom. The summed E-state index contributed by atoms with van der Waals surface area (Å²) < 4.78 is 11.1. The third-order valence-corrected chi connectivity index (χ3v) is 3.99. The Morgan fingerprint density at radius 3 is 2.80 bits per heavy atom. The molecule has 20 heavy (non-hydrogen) atoms. The molecule has 0 aromatic heterocycles. The summed E-state index contributed by atoms with van der Waals surface area (Å²) in [4.78, 5) is 0. The predicted octanol–water partition coefficient (Wildman–Crippen LogP) is 2.96. The second-order valence-corrected chi connectivity index (χ2v) is 6.15. The van der Waals surface area contributed by atoms with E-state index in [1.54, 1.807) is 7.11 Å². The summed E-state index contributed by atoms with van der Waals surface area (Å²) in [5, 5.41) is 3.66. The van der Waals surface area contributed by atoms with Crippen molar-refractivity contribution in [2.75, 3.05) is 20.3 Å². The van der Waals surface area contributed by atoms with E-state index < -0.39 is 0 Å². The zero-order valence-corrected chi connectivity index (χ0v) is 13.2. The molecule has 1 unspecified atom stereocenters. The van der Waals surface area contributed by atoms with Gasteiger partial charge in [0.05, 0.1) is 12.7 Å². The first kappa shape index (κ1) is 15.3. The minimum atomic E-state index is -0.0938. The molecule has 2 rings (SSSR count). The molecular weight excluding hydrogens is 250 g/mol. The van der Waals surface area contributed by atoms with Gasteiger partial charge in [-0.3, -0.25) is 0 Å². The first-order valence-corrected chi connectivity index (χ1v) is 7.57. The Morgan fingerprint density at radius 1 is 1.30 bits per heavy atom. The molecular formula is C17H27NO2. The molecule has 0 heterocycles. The summed E-state index contributed by atoms with van der Waals surface area (Å²) in [6.07, 6.45) is 3.42. The lowest BCUT2D eigenvalue weighted by Gasteiger charge is -2.31. The largest absolute Gasteiger partial charge is 0.497 e. The van der Waals surface area contributed by atoms with E-state index in [1.165, 1.54) is 17.5 Å². The maximum absolute atomic E-state index is 5.74. The fourth-order valence-corrected chi connectivity index (χ4v) is 2.87. The zero-order chi connectivity index (χ0) is 14.6. The summed E-state index contributed by atoms with van der Waals surface area (Å²) in [6, 6.07) is 6.98. The van der Waals surface area contributed by atoms with Gasteiger partial charge in [0.25, 0.3) is 0 Å². The minimum Gasteiger partial charge on any atom is -0.497 e. The van der Waals surface area contributed by atoms with Crippen molar-refractivity contribution < 1.29 is 9.47 Å². The molecule has 0 aliphatic heterocycles. The second kappa shape index (κ2) is 6.59. The zero-order valence-electron chi connectivity index (χ0n) is 13.2. The molecule has 0 saturated carbocycles. The molecule has 0 spiro atoms. The van der Waals surface area contributed by atoms with Gasteiger partial charge in [-0.2, -0.15) is 0 Å². The monoisotopic (exact) mass is 277 g/mol. The van der Waals surface area contributed by atoms with Crippen molar-refractivity contribution in [1.29, 1.82) is 0 Å². The Kier molecular flexibility index (Phi) is 5.06. The fourth-order valence-electron chi connectivity index (χ4n) is 2.87. The lowest BCUT2D eigenvalue weighted by atomic mass is 9.88. The van der Waals surface area contributed by atoms with E-state index in [9.17, 15) is 0 Å². The highest BCUT2D eigenvalue weighted by atomic mass is 16.5. The van der Waals surface area contributed by atoms with Crippen molar-refractivity contribution in [2.24, 2.45) is 0 Å². The Balaban J connectivity index is 1.93.